The number of rotatable bonds is 2. The molecule has 0 aliphatic carbocycles. The van der Waals surface area contributed by atoms with Crippen LogP contribution in [0.3, 0.4) is 0 Å². The van der Waals surface area contributed by atoms with Crippen LogP contribution in [0, 0.1) is 0 Å². The summed E-state index contributed by atoms with van der Waals surface area (Å²) in [7, 11) is 0. The number of carboxylic acids is 1. The summed E-state index contributed by atoms with van der Waals surface area (Å²) in [4.78, 5) is 25.3. The van der Waals surface area contributed by atoms with Gasteiger partial charge in [0.15, 0.2) is 0 Å². The van der Waals surface area contributed by atoms with Gasteiger partial charge in [-0.1, -0.05) is 42.1 Å². The molecule has 1 heterocycles. The van der Waals surface area contributed by atoms with Crippen LogP contribution in [0.5, 0.6) is 0 Å². The molecule has 1 aromatic rings. The van der Waals surface area contributed by atoms with Gasteiger partial charge in [0.1, 0.15) is 6.04 Å². The lowest BCUT2D eigenvalue weighted by Crippen LogP contribution is -2.44. The maximum atomic E-state index is 12.6. The van der Waals surface area contributed by atoms with Crippen molar-refractivity contribution in [2.75, 3.05) is 6.54 Å². The van der Waals surface area contributed by atoms with E-state index < -0.39 is 12.0 Å². The molecule has 0 aromatic heterocycles. The second-order valence-electron chi connectivity index (χ2n) is 4.80. The molecule has 2 rings (SSSR count). The first-order chi connectivity index (χ1) is 9.52. The quantitative estimate of drug-likeness (QED) is 0.909. The van der Waals surface area contributed by atoms with Gasteiger partial charge in [-0.3, -0.25) is 4.79 Å². The van der Waals surface area contributed by atoms with Crippen molar-refractivity contribution in [2.24, 2.45) is 0 Å². The van der Waals surface area contributed by atoms with Crippen molar-refractivity contribution in [1.82, 2.24) is 4.90 Å². The first kappa shape index (κ1) is 15.1. The molecule has 1 unspecified atom stereocenters. The highest BCUT2D eigenvalue weighted by Crippen LogP contribution is 2.28. The van der Waals surface area contributed by atoms with Gasteiger partial charge in [0.05, 0.1) is 15.6 Å². The molecule has 0 saturated carbocycles. The molecule has 108 valence electrons. The fourth-order valence-electron chi connectivity index (χ4n) is 2.43. The van der Waals surface area contributed by atoms with Crippen LogP contribution in [0.25, 0.3) is 0 Å². The van der Waals surface area contributed by atoms with Gasteiger partial charge < -0.3 is 10.0 Å². The van der Waals surface area contributed by atoms with Crippen molar-refractivity contribution in [3.05, 3.63) is 33.8 Å². The Morgan fingerprint density at radius 1 is 1.20 bits per heavy atom. The third-order valence-electron chi connectivity index (χ3n) is 3.48. The van der Waals surface area contributed by atoms with E-state index in [0.29, 0.717) is 18.0 Å². The molecule has 1 aliphatic heterocycles. The van der Waals surface area contributed by atoms with E-state index in [-0.39, 0.29) is 16.5 Å². The predicted octanol–water partition coefficient (Wildman–Crippen LogP) is 3.46. The summed E-state index contributed by atoms with van der Waals surface area (Å²) in [5.74, 6) is -1.34. The van der Waals surface area contributed by atoms with Crippen LogP contribution < -0.4 is 0 Å². The highest BCUT2D eigenvalue weighted by atomic mass is 35.5. The fraction of sp³-hybridized carbons (Fsp3) is 0.429. The summed E-state index contributed by atoms with van der Waals surface area (Å²) < 4.78 is 0. The van der Waals surface area contributed by atoms with Gasteiger partial charge >= 0.3 is 5.97 Å². The van der Waals surface area contributed by atoms with E-state index in [0.717, 1.165) is 19.3 Å². The van der Waals surface area contributed by atoms with Gasteiger partial charge in [0.2, 0.25) is 0 Å². The number of nitrogens with zero attached hydrogens (tertiary/aromatic N) is 1. The number of hydrogen-bond acceptors (Lipinski definition) is 2. The van der Waals surface area contributed by atoms with E-state index in [1.165, 1.54) is 4.90 Å². The molecular formula is C14H15Cl2NO3. The molecule has 6 heteroatoms. The first-order valence-electron chi connectivity index (χ1n) is 6.50. The Bertz CT molecular complexity index is 533. The average Bonchev–Trinajstić information content (AvgIpc) is 2.66. The Morgan fingerprint density at radius 2 is 1.95 bits per heavy atom. The highest BCUT2D eigenvalue weighted by Gasteiger charge is 2.32. The Morgan fingerprint density at radius 3 is 2.65 bits per heavy atom. The smallest absolute Gasteiger partial charge is 0.326 e. The number of amides is 1. The van der Waals surface area contributed by atoms with Crippen molar-refractivity contribution < 1.29 is 14.7 Å². The molecule has 0 bridgehead atoms. The molecular weight excluding hydrogens is 301 g/mol. The Balaban J connectivity index is 2.33. The van der Waals surface area contributed by atoms with Crippen LogP contribution in [0.2, 0.25) is 10.0 Å². The van der Waals surface area contributed by atoms with Gasteiger partial charge in [-0.2, -0.15) is 0 Å². The molecule has 0 spiro atoms. The van der Waals surface area contributed by atoms with E-state index in [2.05, 4.69) is 0 Å². The Hall–Kier alpha value is -1.26. The summed E-state index contributed by atoms with van der Waals surface area (Å²) in [5.41, 5.74) is 0.257. The SMILES string of the molecule is O=C(O)C1CCCCCN1C(=O)c1cccc(Cl)c1Cl. The number of likely N-dealkylation sites (tertiary alicyclic amines) is 1. The molecule has 1 aliphatic rings. The first-order valence-corrected chi connectivity index (χ1v) is 7.25. The molecule has 1 saturated heterocycles. The van der Waals surface area contributed by atoms with Crippen molar-refractivity contribution in [2.45, 2.75) is 31.7 Å². The van der Waals surface area contributed by atoms with Crippen molar-refractivity contribution in [3.63, 3.8) is 0 Å². The normalized spacial score (nSPS) is 19.5. The van der Waals surface area contributed by atoms with Gasteiger partial charge in [-0.15, -0.1) is 0 Å². The van der Waals surface area contributed by atoms with Crippen LogP contribution >= 0.6 is 23.2 Å². The third-order valence-corrected chi connectivity index (χ3v) is 4.30. The van der Waals surface area contributed by atoms with Crippen LogP contribution in [0.1, 0.15) is 36.0 Å². The standard InChI is InChI=1S/C14H15Cl2NO3/c15-10-6-4-5-9(12(10)16)13(18)17-8-3-1-2-7-11(17)14(19)20/h4-6,11H,1-3,7-8H2,(H,19,20). The number of carboxylic acid groups (broad SMARTS) is 1. The summed E-state index contributed by atoms with van der Waals surface area (Å²) in [5, 5.41) is 9.77. The number of aliphatic carboxylic acids is 1. The van der Waals surface area contributed by atoms with Gasteiger partial charge in [-0.05, 0) is 25.0 Å². The summed E-state index contributed by atoms with van der Waals surface area (Å²) in [6, 6.07) is 4.01. The number of carbonyl (C=O) groups is 2. The number of carbonyl (C=O) groups excluding carboxylic acids is 1. The van der Waals surface area contributed by atoms with E-state index in [4.69, 9.17) is 23.2 Å². The fourth-order valence-corrected chi connectivity index (χ4v) is 2.81. The second-order valence-corrected chi connectivity index (χ2v) is 5.59. The average molecular weight is 316 g/mol. The summed E-state index contributed by atoms with van der Waals surface area (Å²) in [6.07, 6.45) is 3.01. The maximum Gasteiger partial charge on any atom is 0.326 e. The number of benzene rings is 1. The molecule has 1 amide bonds. The van der Waals surface area contributed by atoms with Crippen LogP contribution in [0.15, 0.2) is 18.2 Å². The zero-order valence-electron chi connectivity index (χ0n) is 10.8. The molecule has 1 atom stereocenters. The Labute approximate surface area is 127 Å². The van der Waals surface area contributed by atoms with Gasteiger partial charge in [0, 0.05) is 6.54 Å². The number of hydrogen-bond donors (Lipinski definition) is 1. The lowest BCUT2D eigenvalue weighted by molar-refractivity contribution is -0.142. The highest BCUT2D eigenvalue weighted by molar-refractivity contribution is 6.43. The van der Waals surface area contributed by atoms with Crippen LogP contribution in [-0.4, -0.2) is 34.5 Å². The summed E-state index contributed by atoms with van der Waals surface area (Å²) in [6.45, 7) is 0.429. The molecule has 20 heavy (non-hydrogen) atoms. The van der Waals surface area contributed by atoms with E-state index in [1.807, 2.05) is 0 Å². The van der Waals surface area contributed by atoms with E-state index >= 15 is 0 Å². The molecule has 1 aromatic carbocycles. The molecule has 4 nitrogen and oxygen atoms in total. The van der Waals surface area contributed by atoms with Crippen molar-refractivity contribution in [1.29, 1.82) is 0 Å². The van der Waals surface area contributed by atoms with E-state index in [1.54, 1.807) is 18.2 Å². The van der Waals surface area contributed by atoms with Crippen LogP contribution in [0.4, 0.5) is 0 Å². The lowest BCUT2D eigenvalue weighted by atomic mass is 10.1. The Kier molecular flexibility index (Phi) is 4.89. The predicted molar refractivity (Wildman–Crippen MR) is 77.4 cm³/mol. The minimum Gasteiger partial charge on any atom is -0.480 e. The minimum absolute atomic E-state index is 0.174. The van der Waals surface area contributed by atoms with Crippen molar-refractivity contribution >= 4 is 35.1 Å². The zero-order chi connectivity index (χ0) is 14.7. The topological polar surface area (TPSA) is 57.6 Å². The van der Waals surface area contributed by atoms with Gasteiger partial charge in [0.25, 0.3) is 5.91 Å². The molecule has 0 radical (unpaired) electrons. The third kappa shape index (κ3) is 3.07. The van der Waals surface area contributed by atoms with Crippen molar-refractivity contribution in [3.8, 4) is 0 Å². The zero-order valence-corrected chi connectivity index (χ0v) is 12.3. The second kappa shape index (κ2) is 6.46. The largest absolute Gasteiger partial charge is 0.480 e. The van der Waals surface area contributed by atoms with Gasteiger partial charge in [-0.25, -0.2) is 4.79 Å². The summed E-state index contributed by atoms with van der Waals surface area (Å²) >= 11 is 12.0. The molecule has 1 N–H and O–H groups in total. The monoisotopic (exact) mass is 315 g/mol. The lowest BCUT2D eigenvalue weighted by Gasteiger charge is -2.27. The minimum atomic E-state index is -0.974. The maximum absolute atomic E-state index is 12.6. The van der Waals surface area contributed by atoms with Crippen LogP contribution in [-0.2, 0) is 4.79 Å². The number of halogens is 2. The van der Waals surface area contributed by atoms with E-state index in [9.17, 15) is 14.7 Å². The molecule has 1 fully saturated rings.